The quantitative estimate of drug-likeness (QED) is 0.454. The number of hydrogen-bond acceptors (Lipinski definition) is 4. The minimum absolute atomic E-state index is 0.0703. The van der Waals surface area contributed by atoms with E-state index < -0.39 is 0 Å². The lowest BCUT2D eigenvalue weighted by Gasteiger charge is -2.15. The number of imide groups is 1. The zero-order chi connectivity index (χ0) is 15.4. The third-order valence-corrected chi connectivity index (χ3v) is 5.35. The lowest BCUT2D eigenvalue weighted by Crippen LogP contribution is -2.35. The van der Waals surface area contributed by atoms with Crippen molar-refractivity contribution < 1.29 is 19.1 Å². The molecule has 0 aromatic heterocycles. The molecule has 0 spiro atoms. The molecule has 0 aromatic rings. The summed E-state index contributed by atoms with van der Waals surface area (Å²) in [7, 11) is 0. The van der Waals surface area contributed by atoms with Crippen LogP contribution in [0, 0.1) is 17.8 Å². The number of ether oxygens (including phenoxy) is 1. The van der Waals surface area contributed by atoms with Crippen molar-refractivity contribution in [2.45, 2.75) is 39.0 Å². The Morgan fingerprint density at radius 3 is 2.41 bits per heavy atom. The maximum Gasteiger partial charge on any atom is 0.311 e. The van der Waals surface area contributed by atoms with Crippen LogP contribution in [0.5, 0.6) is 0 Å². The molecule has 2 amide bonds. The molecule has 4 rings (SSSR count). The minimum Gasteiger partial charge on any atom is -0.443 e. The molecule has 3 atom stereocenters. The van der Waals surface area contributed by atoms with Gasteiger partial charge in [0.15, 0.2) is 6.73 Å². The molecule has 0 unspecified atom stereocenters. The van der Waals surface area contributed by atoms with E-state index >= 15 is 0 Å². The number of rotatable bonds is 3. The van der Waals surface area contributed by atoms with Gasteiger partial charge in [-0.2, -0.15) is 0 Å². The Balaban J connectivity index is 1.36. The Kier molecular flexibility index (Phi) is 2.99. The zero-order valence-corrected chi connectivity index (χ0v) is 12.6. The minimum atomic E-state index is -0.274. The topological polar surface area (TPSA) is 63.7 Å². The molecule has 0 N–H and O–H groups in total. The van der Waals surface area contributed by atoms with E-state index in [9.17, 15) is 14.4 Å². The Morgan fingerprint density at radius 2 is 1.86 bits per heavy atom. The van der Waals surface area contributed by atoms with Gasteiger partial charge in [-0.3, -0.25) is 14.4 Å². The molecule has 5 nitrogen and oxygen atoms in total. The van der Waals surface area contributed by atoms with Crippen LogP contribution < -0.4 is 0 Å². The van der Waals surface area contributed by atoms with Crippen LogP contribution in [0.25, 0.3) is 0 Å². The smallest absolute Gasteiger partial charge is 0.311 e. The van der Waals surface area contributed by atoms with E-state index in [1.165, 1.54) is 5.57 Å². The number of carbonyl (C=O) groups excluding carboxylic acids is 3. The molecule has 22 heavy (non-hydrogen) atoms. The molecule has 116 valence electrons. The number of fused-ring (bicyclic) bond motifs is 1. The lowest BCUT2D eigenvalue weighted by atomic mass is 9.93. The van der Waals surface area contributed by atoms with Crippen molar-refractivity contribution in [1.82, 2.24) is 4.90 Å². The summed E-state index contributed by atoms with van der Waals surface area (Å²) in [5.41, 5.74) is 2.60. The first-order valence-electron chi connectivity index (χ1n) is 8.00. The summed E-state index contributed by atoms with van der Waals surface area (Å²) < 4.78 is 5.26. The van der Waals surface area contributed by atoms with Gasteiger partial charge >= 0.3 is 5.97 Å². The highest BCUT2D eigenvalue weighted by Crippen LogP contribution is 2.56. The normalized spacial score (nSPS) is 32.9. The van der Waals surface area contributed by atoms with Gasteiger partial charge in [0.25, 0.3) is 11.8 Å². The van der Waals surface area contributed by atoms with Gasteiger partial charge in [-0.15, -0.1) is 0 Å². The Morgan fingerprint density at radius 1 is 1.23 bits per heavy atom. The second-order valence-electron chi connectivity index (χ2n) is 6.78. The predicted molar refractivity (Wildman–Crippen MR) is 77.2 cm³/mol. The molecule has 1 fully saturated rings. The van der Waals surface area contributed by atoms with Crippen LogP contribution in [0.3, 0.4) is 0 Å². The molecule has 0 bridgehead atoms. The number of esters is 1. The van der Waals surface area contributed by atoms with Crippen molar-refractivity contribution in [2.24, 2.45) is 17.8 Å². The average molecular weight is 301 g/mol. The van der Waals surface area contributed by atoms with Crippen LogP contribution in [-0.2, 0) is 19.1 Å². The summed E-state index contributed by atoms with van der Waals surface area (Å²) in [6.45, 7) is 1.84. The van der Waals surface area contributed by atoms with E-state index in [0.717, 1.165) is 24.2 Å². The van der Waals surface area contributed by atoms with Crippen LogP contribution in [0.1, 0.15) is 39.0 Å². The second kappa shape index (κ2) is 4.80. The molecule has 4 aliphatic rings. The van der Waals surface area contributed by atoms with Crippen molar-refractivity contribution in [3.8, 4) is 0 Å². The lowest BCUT2D eigenvalue weighted by molar-refractivity contribution is -0.156. The average Bonchev–Trinajstić information content (AvgIpc) is 2.92. The van der Waals surface area contributed by atoms with Crippen LogP contribution in [0.15, 0.2) is 22.8 Å². The SMILES string of the molecule is CC1=C[C@H]2[C@@H](C1)[C@@H]2C(=O)OCN1C(=O)C2=C(CCCC2)C1=O. The Bertz CT molecular complexity index is 617. The first-order chi connectivity index (χ1) is 10.6. The van der Waals surface area contributed by atoms with Crippen LogP contribution in [-0.4, -0.2) is 29.4 Å². The number of allylic oxidation sites excluding steroid dienone is 2. The van der Waals surface area contributed by atoms with Gasteiger partial charge in [0.05, 0.1) is 5.92 Å². The molecular weight excluding hydrogens is 282 g/mol. The van der Waals surface area contributed by atoms with E-state index in [0.29, 0.717) is 35.8 Å². The van der Waals surface area contributed by atoms with Crippen LogP contribution in [0.4, 0.5) is 0 Å². The van der Waals surface area contributed by atoms with Gasteiger partial charge in [0, 0.05) is 11.1 Å². The highest BCUT2D eigenvalue weighted by Gasteiger charge is 2.57. The van der Waals surface area contributed by atoms with Crippen molar-refractivity contribution in [3.05, 3.63) is 22.8 Å². The second-order valence-corrected chi connectivity index (χ2v) is 6.78. The fraction of sp³-hybridized carbons (Fsp3) is 0.588. The van der Waals surface area contributed by atoms with Crippen molar-refractivity contribution in [2.75, 3.05) is 6.73 Å². The van der Waals surface area contributed by atoms with Gasteiger partial charge in [-0.25, -0.2) is 4.90 Å². The number of amides is 2. The first kappa shape index (κ1) is 13.7. The molecule has 1 saturated carbocycles. The van der Waals surface area contributed by atoms with Gasteiger partial charge in [0.2, 0.25) is 0 Å². The number of hydrogen-bond donors (Lipinski definition) is 0. The summed E-state index contributed by atoms with van der Waals surface area (Å²) in [4.78, 5) is 37.7. The van der Waals surface area contributed by atoms with Crippen molar-refractivity contribution in [1.29, 1.82) is 0 Å². The Hall–Kier alpha value is -1.91. The summed E-state index contributed by atoms with van der Waals surface area (Å²) in [5, 5.41) is 0. The summed E-state index contributed by atoms with van der Waals surface area (Å²) in [5.74, 6) is -0.186. The number of carbonyl (C=O) groups is 3. The fourth-order valence-electron chi connectivity index (χ4n) is 4.13. The maximum atomic E-state index is 12.2. The van der Waals surface area contributed by atoms with Crippen molar-refractivity contribution >= 4 is 17.8 Å². The standard InChI is InChI=1S/C17H19NO4/c1-9-6-12-13(7-9)14(12)17(21)22-8-18-15(19)10-4-2-3-5-11(10)16(18)20/h6,12-14H,2-5,7-8H2,1H3/t12-,13+,14+/m0/s1. The van der Waals surface area contributed by atoms with Gasteiger partial charge in [0.1, 0.15) is 0 Å². The summed E-state index contributed by atoms with van der Waals surface area (Å²) in [6, 6.07) is 0. The van der Waals surface area contributed by atoms with E-state index in [1.54, 1.807) is 0 Å². The van der Waals surface area contributed by atoms with Crippen LogP contribution in [0.2, 0.25) is 0 Å². The van der Waals surface area contributed by atoms with E-state index in [2.05, 4.69) is 13.0 Å². The number of nitrogens with zero attached hydrogens (tertiary/aromatic N) is 1. The molecule has 0 saturated heterocycles. The molecule has 5 heteroatoms. The monoisotopic (exact) mass is 301 g/mol. The summed E-state index contributed by atoms with van der Waals surface area (Å²) >= 11 is 0. The Labute approximate surface area is 129 Å². The molecule has 1 heterocycles. The molecule has 1 aliphatic heterocycles. The summed E-state index contributed by atoms with van der Waals surface area (Å²) in [6.07, 6.45) is 6.33. The van der Waals surface area contributed by atoms with E-state index in [1.807, 2.05) is 0 Å². The molecule has 0 radical (unpaired) electrons. The highest BCUT2D eigenvalue weighted by molar-refractivity contribution is 6.19. The van der Waals surface area contributed by atoms with Gasteiger partial charge in [-0.05, 0) is 50.9 Å². The molecule has 3 aliphatic carbocycles. The highest BCUT2D eigenvalue weighted by atomic mass is 16.5. The fourth-order valence-corrected chi connectivity index (χ4v) is 4.13. The van der Waals surface area contributed by atoms with Crippen molar-refractivity contribution in [3.63, 3.8) is 0 Å². The van der Waals surface area contributed by atoms with Gasteiger partial charge in [-0.1, -0.05) is 11.6 Å². The third kappa shape index (κ3) is 1.95. The zero-order valence-electron chi connectivity index (χ0n) is 12.6. The predicted octanol–water partition coefficient (Wildman–Crippen LogP) is 1.94. The van der Waals surface area contributed by atoms with Gasteiger partial charge < -0.3 is 4.74 Å². The molecular formula is C17H19NO4. The van der Waals surface area contributed by atoms with Crippen LogP contribution >= 0.6 is 0 Å². The first-order valence-corrected chi connectivity index (χ1v) is 8.00. The third-order valence-electron chi connectivity index (χ3n) is 5.35. The van der Waals surface area contributed by atoms with E-state index in [4.69, 9.17) is 4.74 Å². The largest absolute Gasteiger partial charge is 0.443 e. The maximum absolute atomic E-state index is 12.2. The molecule has 0 aromatic carbocycles. The van der Waals surface area contributed by atoms with E-state index in [-0.39, 0.29) is 30.4 Å².